The van der Waals surface area contributed by atoms with E-state index in [1.54, 1.807) is 12.1 Å². The molecule has 4 heteroatoms. The standard InChI is InChI=1S/C18H24N2O2/c1-2-3-6-16(21)14-20-10-8-17(9-11-20)22-18-7-4-5-15(12-18)13-19/h2,4-5,7,12,16-17,21H,1,3,6,8-11,14H2. The van der Waals surface area contributed by atoms with E-state index in [0.29, 0.717) is 5.56 Å². The molecule has 4 nitrogen and oxygen atoms in total. The number of likely N-dealkylation sites (tertiary alicyclic amines) is 1. The van der Waals surface area contributed by atoms with E-state index in [9.17, 15) is 5.11 Å². The number of hydrogen-bond acceptors (Lipinski definition) is 4. The molecule has 1 aromatic carbocycles. The van der Waals surface area contributed by atoms with Crippen molar-refractivity contribution >= 4 is 0 Å². The van der Waals surface area contributed by atoms with Gasteiger partial charge in [0.1, 0.15) is 11.9 Å². The van der Waals surface area contributed by atoms with Gasteiger partial charge in [-0.05, 0) is 43.9 Å². The fraction of sp³-hybridized carbons (Fsp3) is 0.500. The summed E-state index contributed by atoms with van der Waals surface area (Å²) in [7, 11) is 0. The lowest BCUT2D eigenvalue weighted by Gasteiger charge is -2.33. The number of rotatable bonds is 7. The number of hydrogen-bond donors (Lipinski definition) is 1. The zero-order chi connectivity index (χ0) is 15.8. The number of allylic oxidation sites excluding steroid dienone is 1. The number of aliphatic hydroxyl groups is 1. The smallest absolute Gasteiger partial charge is 0.121 e. The van der Waals surface area contributed by atoms with Gasteiger partial charge in [-0.1, -0.05) is 12.1 Å². The predicted molar refractivity (Wildman–Crippen MR) is 86.7 cm³/mol. The summed E-state index contributed by atoms with van der Waals surface area (Å²) in [6.45, 7) is 6.28. The maximum absolute atomic E-state index is 9.94. The van der Waals surface area contributed by atoms with Crippen LogP contribution in [0.1, 0.15) is 31.2 Å². The summed E-state index contributed by atoms with van der Waals surface area (Å²) in [5.74, 6) is 0.767. The van der Waals surface area contributed by atoms with Gasteiger partial charge in [-0.2, -0.15) is 5.26 Å². The molecule has 1 atom stereocenters. The Morgan fingerprint density at radius 1 is 1.45 bits per heavy atom. The molecule has 0 saturated carbocycles. The topological polar surface area (TPSA) is 56.5 Å². The van der Waals surface area contributed by atoms with Crippen molar-refractivity contribution in [1.82, 2.24) is 4.90 Å². The first-order valence-corrected chi connectivity index (χ1v) is 7.89. The molecule has 1 aliphatic heterocycles. The normalized spacial score (nSPS) is 17.6. The first kappa shape index (κ1) is 16.5. The molecule has 0 radical (unpaired) electrons. The predicted octanol–water partition coefficient (Wildman–Crippen LogP) is 2.73. The van der Waals surface area contributed by atoms with Crippen molar-refractivity contribution in [3.63, 3.8) is 0 Å². The lowest BCUT2D eigenvalue weighted by Crippen LogP contribution is -2.41. The Morgan fingerprint density at radius 3 is 2.91 bits per heavy atom. The van der Waals surface area contributed by atoms with E-state index in [1.165, 1.54) is 0 Å². The van der Waals surface area contributed by atoms with E-state index in [1.807, 2.05) is 18.2 Å². The van der Waals surface area contributed by atoms with Gasteiger partial charge in [0.05, 0.1) is 17.7 Å². The van der Waals surface area contributed by atoms with Crippen LogP contribution < -0.4 is 4.74 Å². The monoisotopic (exact) mass is 300 g/mol. The van der Waals surface area contributed by atoms with Gasteiger partial charge in [0.25, 0.3) is 0 Å². The van der Waals surface area contributed by atoms with Crippen LogP contribution in [-0.2, 0) is 0 Å². The van der Waals surface area contributed by atoms with Crippen molar-refractivity contribution in [1.29, 1.82) is 5.26 Å². The van der Waals surface area contributed by atoms with Crippen molar-refractivity contribution in [3.05, 3.63) is 42.5 Å². The Balaban J connectivity index is 1.75. The third kappa shape index (κ3) is 5.18. The Kier molecular flexibility index (Phi) is 6.45. The molecule has 0 spiro atoms. The number of aliphatic hydroxyl groups excluding tert-OH is 1. The molecule has 1 heterocycles. The summed E-state index contributed by atoms with van der Waals surface area (Å²) >= 11 is 0. The van der Waals surface area contributed by atoms with E-state index in [4.69, 9.17) is 10.00 Å². The first-order chi connectivity index (χ1) is 10.7. The zero-order valence-electron chi connectivity index (χ0n) is 12.9. The molecule has 1 unspecified atom stereocenters. The van der Waals surface area contributed by atoms with Crippen molar-refractivity contribution in [2.45, 2.75) is 37.9 Å². The minimum atomic E-state index is -0.275. The highest BCUT2D eigenvalue weighted by Crippen LogP contribution is 2.20. The largest absolute Gasteiger partial charge is 0.490 e. The van der Waals surface area contributed by atoms with Crippen LogP contribution in [0, 0.1) is 11.3 Å². The van der Waals surface area contributed by atoms with Crippen LogP contribution in [0.5, 0.6) is 5.75 Å². The summed E-state index contributed by atoms with van der Waals surface area (Å²) in [5.41, 5.74) is 0.625. The maximum Gasteiger partial charge on any atom is 0.121 e. The van der Waals surface area contributed by atoms with Gasteiger partial charge in [0.2, 0.25) is 0 Å². The average molecular weight is 300 g/mol. The molecule has 0 bridgehead atoms. The minimum Gasteiger partial charge on any atom is -0.490 e. The molecular weight excluding hydrogens is 276 g/mol. The Morgan fingerprint density at radius 2 is 2.23 bits per heavy atom. The fourth-order valence-corrected chi connectivity index (χ4v) is 2.74. The van der Waals surface area contributed by atoms with Gasteiger partial charge in [-0.15, -0.1) is 6.58 Å². The molecule has 22 heavy (non-hydrogen) atoms. The summed E-state index contributed by atoms with van der Waals surface area (Å²) in [4.78, 5) is 2.29. The first-order valence-electron chi connectivity index (χ1n) is 7.89. The lowest BCUT2D eigenvalue weighted by atomic mass is 10.1. The highest BCUT2D eigenvalue weighted by atomic mass is 16.5. The van der Waals surface area contributed by atoms with Gasteiger partial charge in [0, 0.05) is 19.6 Å². The minimum absolute atomic E-state index is 0.190. The van der Waals surface area contributed by atoms with Crippen molar-refractivity contribution in [2.24, 2.45) is 0 Å². The van der Waals surface area contributed by atoms with Crippen LogP contribution >= 0.6 is 0 Å². The molecule has 0 aliphatic carbocycles. The summed E-state index contributed by atoms with van der Waals surface area (Å²) < 4.78 is 5.96. The zero-order valence-corrected chi connectivity index (χ0v) is 12.9. The second-order valence-electron chi connectivity index (χ2n) is 5.78. The van der Waals surface area contributed by atoms with Gasteiger partial charge in [-0.25, -0.2) is 0 Å². The molecular formula is C18H24N2O2. The van der Waals surface area contributed by atoms with E-state index < -0.39 is 0 Å². The maximum atomic E-state index is 9.94. The van der Waals surface area contributed by atoms with E-state index in [2.05, 4.69) is 17.5 Å². The SMILES string of the molecule is C=CCCC(O)CN1CCC(Oc2cccc(C#N)c2)CC1. The fourth-order valence-electron chi connectivity index (χ4n) is 2.74. The summed E-state index contributed by atoms with van der Waals surface area (Å²) in [5, 5.41) is 18.8. The Hall–Kier alpha value is -1.83. The van der Waals surface area contributed by atoms with Crippen LogP contribution in [-0.4, -0.2) is 41.8 Å². The van der Waals surface area contributed by atoms with E-state index in [0.717, 1.165) is 51.1 Å². The summed E-state index contributed by atoms with van der Waals surface area (Å²) in [6.07, 6.45) is 5.30. The van der Waals surface area contributed by atoms with Crippen LogP contribution in [0.15, 0.2) is 36.9 Å². The third-order valence-electron chi connectivity index (χ3n) is 3.97. The third-order valence-corrected chi connectivity index (χ3v) is 3.97. The summed E-state index contributed by atoms with van der Waals surface area (Å²) in [6, 6.07) is 9.43. The Labute approximate surface area is 132 Å². The van der Waals surface area contributed by atoms with E-state index >= 15 is 0 Å². The molecule has 0 amide bonds. The van der Waals surface area contributed by atoms with Crippen molar-refractivity contribution < 1.29 is 9.84 Å². The Bertz CT molecular complexity index is 516. The van der Waals surface area contributed by atoms with Crippen LogP contribution in [0.3, 0.4) is 0 Å². The van der Waals surface area contributed by atoms with Gasteiger partial charge in [0.15, 0.2) is 0 Å². The number of piperidine rings is 1. The molecule has 118 valence electrons. The number of nitrogens with zero attached hydrogens (tertiary/aromatic N) is 2. The van der Waals surface area contributed by atoms with Crippen LogP contribution in [0.4, 0.5) is 0 Å². The number of benzene rings is 1. The second kappa shape index (κ2) is 8.57. The van der Waals surface area contributed by atoms with Crippen molar-refractivity contribution in [2.75, 3.05) is 19.6 Å². The second-order valence-corrected chi connectivity index (χ2v) is 5.78. The molecule has 2 rings (SSSR count). The quantitative estimate of drug-likeness (QED) is 0.787. The highest BCUT2D eigenvalue weighted by molar-refractivity contribution is 5.36. The van der Waals surface area contributed by atoms with Crippen molar-refractivity contribution in [3.8, 4) is 11.8 Å². The van der Waals surface area contributed by atoms with Gasteiger partial charge in [-0.3, -0.25) is 0 Å². The van der Waals surface area contributed by atoms with Gasteiger partial charge >= 0.3 is 0 Å². The molecule has 1 aliphatic rings. The number of ether oxygens (including phenoxy) is 1. The van der Waals surface area contributed by atoms with E-state index in [-0.39, 0.29) is 12.2 Å². The lowest BCUT2D eigenvalue weighted by molar-refractivity contribution is 0.0585. The molecule has 1 N–H and O–H groups in total. The van der Waals surface area contributed by atoms with Crippen LogP contribution in [0.2, 0.25) is 0 Å². The molecule has 1 aromatic rings. The molecule has 1 fully saturated rings. The average Bonchev–Trinajstić information content (AvgIpc) is 2.55. The van der Waals surface area contributed by atoms with Gasteiger partial charge < -0.3 is 14.7 Å². The molecule has 0 aromatic heterocycles. The van der Waals surface area contributed by atoms with Crippen LogP contribution in [0.25, 0.3) is 0 Å². The number of β-amino-alcohol motifs (C(OH)–C–C–N with tert-alkyl or cyclic N) is 1. The number of nitriles is 1. The molecule has 1 saturated heterocycles. The highest BCUT2D eigenvalue weighted by Gasteiger charge is 2.22.